The fourth-order valence-corrected chi connectivity index (χ4v) is 4.01. The molecule has 0 radical (unpaired) electrons. The van der Waals surface area contributed by atoms with E-state index in [9.17, 15) is 13.2 Å². The minimum atomic E-state index is -3.04. The molecule has 1 unspecified atom stereocenters. The van der Waals surface area contributed by atoms with E-state index < -0.39 is 9.84 Å². The third kappa shape index (κ3) is 3.49. The Balaban J connectivity index is 2.14. The van der Waals surface area contributed by atoms with Gasteiger partial charge in [0.05, 0.1) is 22.8 Å². The van der Waals surface area contributed by atoms with Crippen LogP contribution in [0.3, 0.4) is 0 Å². The smallest absolute Gasteiger partial charge is 0.253 e. The van der Waals surface area contributed by atoms with Crippen LogP contribution in [0.2, 0.25) is 0 Å². The predicted molar refractivity (Wildman–Crippen MR) is 78.1 cm³/mol. The topological polar surface area (TPSA) is 101 Å². The minimum absolute atomic E-state index is 0.00986. The molecule has 1 saturated heterocycles. The fourth-order valence-electron chi connectivity index (χ4n) is 2.37. The highest BCUT2D eigenvalue weighted by Crippen LogP contribution is 2.18. The van der Waals surface area contributed by atoms with Gasteiger partial charge in [-0.3, -0.25) is 10.6 Å². The van der Waals surface area contributed by atoms with Crippen LogP contribution in [0.4, 0.5) is 5.69 Å². The molecule has 0 bridgehead atoms. The first-order chi connectivity index (χ1) is 9.41. The Hall–Kier alpha value is -1.60. The molecular weight excluding hydrogens is 278 g/mol. The van der Waals surface area contributed by atoms with Crippen molar-refractivity contribution in [1.82, 2.24) is 5.32 Å². The van der Waals surface area contributed by atoms with E-state index >= 15 is 0 Å². The third-order valence-corrected chi connectivity index (χ3v) is 5.19. The molecule has 1 aliphatic rings. The molecule has 7 heteroatoms. The van der Waals surface area contributed by atoms with Gasteiger partial charge >= 0.3 is 0 Å². The number of sulfone groups is 1. The Kier molecular flexibility index (Phi) is 4.29. The number of nitrogen functional groups attached to an aromatic ring is 1. The summed E-state index contributed by atoms with van der Waals surface area (Å²) in [5.41, 5.74) is 4.36. The number of hydrogen-bond acceptors (Lipinski definition) is 5. The number of hydrogen-bond donors (Lipinski definition) is 3. The first kappa shape index (κ1) is 14.8. The number of nitrogens with one attached hydrogen (secondary N) is 2. The van der Waals surface area contributed by atoms with Gasteiger partial charge in [-0.15, -0.1) is 0 Å². The summed E-state index contributed by atoms with van der Waals surface area (Å²) < 4.78 is 23.1. The van der Waals surface area contributed by atoms with Gasteiger partial charge in [-0.25, -0.2) is 8.42 Å². The van der Waals surface area contributed by atoms with Gasteiger partial charge < -0.3 is 10.7 Å². The molecule has 110 valence electrons. The Morgan fingerprint density at radius 1 is 1.40 bits per heavy atom. The zero-order chi connectivity index (χ0) is 14.8. The Morgan fingerprint density at radius 3 is 2.80 bits per heavy atom. The highest BCUT2D eigenvalue weighted by Gasteiger charge is 2.26. The lowest BCUT2D eigenvalue weighted by Gasteiger charge is -2.23. The second-order valence-corrected chi connectivity index (χ2v) is 7.35. The molecule has 1 amide bonds. The SMILES string of the molecule is Cc1ccc(NN)c(C(=O)NC2CCCS(=O)(=O)C2)c1. The minimum Gasteiger partial charge on any atom is -0.348 e. The molecule has 1 heterocycles. The summed E-state index contributed by atoms with van der Waals surface area (Å²) in [7, 11) is -3.04. The van der Waals surface area contributed by atoms with E-state index in [4.69, 9.17) is 5.84 Å². The summed E-state index contributed by atoms with van der Waals surface area (Å²) in [6, 6.07) is 4.97. The fraction of sp³-hybridized carbons (Fsp3) is 0.462. The zero-order valence-corrected chi connectivity index (χ0v) is 12.2. The lowest BCUT2D eigenvalue weighted by atomic mass is 10.1. The van der Waals surface area contributed by atoms with E-state index in [1.54, 1.807) is 12.1 Å². The molecule has 0 aromatic heterocycles. The number of benzene rings is 1. The first-order valence-corrected chi connectivity index (χ1v) is 8.32. The number of aryl methyl sites for hydroxylation is 1. The summed E-state index contributed by atoms with van der Waals surface area (Å²) in [6.45, 7) is 1.88. The lowest BCUT2D eigenvalue weighted by molar-refractivity contribution is 0.0939. The zero-order valence-electron chi connectivity index (χ0n) is 11.3. The molecule has 0 aliphatic carbocycles. The standard InChI is InChI=1S/C13H19N3O3S/c1-9-4-5-12(16-14)11(7-9)13(17)15-10-3-2-6-20(18,19)8-10/h4-5,7,10,16H,2-3,6,8,14H2,1H3,(H,15,17). The van der Waals surface area contributed by atoms with Crippen molar-refractivity contribution in [3.8, 4) is 0 Å². The van der Waals surface area contributed by atoms with Gasteiger partial charge in [0, 0.05) is 6.04 Å². The molecule has 0 spiro atoms. The monoisotopic (exact) mass is 297 g/mol. The molecule has 2 rings (SSSR count). The van der Waals surface area contributed by atoms with E-state index in [0.717, 1.165) is 5.56 Å². The second-order valence-electron chi connectivity index (χ2n) is 5.12. The molecule has 6 nitrogen and oxygen atoms in total. The largest absolute Gasteiger partial charge is 0.348 e. The van der Waals surface area contributed by atoms with Gasteiger partial charge in [-0.1, -0.05) is 11.6 Å². The Morgan fingerprint density at radius 2 is 2.15 bits per heavy atom. The number of carbonyl (C=O) groups excluding carboxylic acids is 1. The predicted octanol–water partition coefficient (Wildman–Crippen LogP) is 0.588. The summed E-state index contributed by atoms with van der Waals surface area (Å²) >= 11 is 0. The van der Waals surface area contributed by atoms with Crippen LogP contribution in [-0.4, -0.2) is 31.9 Å². The average molecular weight is 297 g/mol. The summed E-state index contributed by atoms with van der Waals surface area (Å²) in [5, 5.41) is 2.78. The van der Waals surface area contributed by atoms with Crippen molar-refractivity contribution in [1.29, 1.82) is 0 Å². The molecule has 0 saturated carbocycles. The van der Waals surface area contributed by atoms with E-state index in [-0.39, 0.29) is 23.5 Å². The van der Waals surface area contributed by atoms with E-state index in [1.165, 1.54) is 0 Å². The van der Waals surface area contributed by atoms with E-state index in [1.807, 2.05) is 13.0 Å². The molecule has 20 heavy (non-hydrogen) atoms. The van der Waals surface area contributed by atoms with E-state index in [2.05, 4.69) is 10.7 Å². The van der Waals surface area contributed by atoms with Gasteiger partial charge in [0.1, 0.15) is 0 Å². The van der Waals surface area contributed by atoms with Crippen LogP contribution in [-0.2, 0) is 9.84 Å². The van der Waals surface area contributed by atoms with Gasteiger partial charge in [0.2, 0.25) is 0 Å². The summed E-state index contributed by atoms with van der Waals surface area (Å²) in [4.78, 5) is 12.3. The maximum atomic E-state index is 12.3. The number of hydrazine groups is 1. The van der Waals surface area contributed by atoms with Crippen molar-refractivity contribution >= 4 is 21.4 Å². The number of anilines is 1. The third-order valence-electron chi connectivity index (χ3n) is 3.37. The molecule has 1 fully saturated rings. The number of amides is 1. The van der Waals surface area contributed by atoms with Gasteiger partial charge in [-0.2, -0.15) is 0 Å². The Bertz CT molecular complexity index is 613. The summed E-state index contributed by atoms with van der Waals surface area (Å²) in [6.07, 6.45) is 1.27. The lowest BCUT2D eigenvalue weighted by Crippen LogP contribution is -2.43. The molecule has 1 atom stereocenters. The maximum absolute atomic E-state index is 12.3. The van der Waals surface area contributed by atoms with Crippen molar-refractivity contribution in [3.05, 3.63) is 29.3 Å². The number of nitrogens with two attached hydrogens (primary N) is 1. The van der Waals surface area contributed by atoms with Crippen LogP contribution in [0.1, 0.15) is 28.8 Å². The first-order valence-electron chi connectivity index (χ1n) is 6.50. The van der Waals surface area contributed by atoms with Crippen LogP contribution in [0.5, 0.6) is 0 Å². The Labute approximate surface area is 118 Å². The normalized spacial score (nSPS) is 21.2. The van der Waals surface area contributed by atoms with Crippen molar-refractivity contribution in [2.75, 3.05) is 16.9 Å². The molecule has 1 aliphatic heterocycles. The van der Waals surface area contributed by atoms with Crippen LogP contribution in [0, 0.1) is 6.92 Å². The number of rotatable bonds is 3. The summed E-state index contributed by atoms with van der Waals surface area (Å²) in [5.74, 6) is 5.30. The second kappa shape index (κ2) is 5.80. The number of carbonyl (C=O) groups is 1. The van der Waals surface area contributed by atoms with Gasteiger partial charge in [0.15, 0.2) is 9.84 Å². The van der Waals surface area contributed by atoms with E-state index in [0.29, 0.717) is 24.1 Å². The van der Waals surface area contributed by atoms with Crippen LogP contribution in [0.15, 0.2) is 18.2 Å². The maximum Gasteiger partial charge on any atom is 0.253 e. The quantitative estimate of drug-likeness (QED) is 0.560. The van der Waals surface area contributed by atoms with Crippen molar-refractivity contribution in [2.45, 2.75) is 25.8 Å². The van der Waals surface area contributed by atoms with Gasteiger partial charge in [0.25, 0.3) is 5.91 Å². The van der Waals surface area contributed by atoms with Crippen LogP contribution < -0.4 is 16.6 Å². The average Bonchev–Trinajstić information content (AvgIpc) is 2.37. The van der Waals surface area contributed by atoms with Crippen LogP contribution >= 0.6 is 0 Å². The van der Waals surface area contributed by atoms with Crippen molar-refractivity contribution in [3.63, 3.8) is 0 Å². The molecule has 4 N–H and O–H groups in total. The molecular formula is C13H19N3O3S. The van der Waals surface area contributed by atoms with Crippen LogP contribution in [0.25, 0.3) is 0 Å². The highest BCUT2D eigenvalue weighted by atomic mass is 32.2. The molecule has 1 aromatic carbocycles. The van der Waals surface area contributed by atoms with Crippen molar-refractivity contribution in [2.24, 2.45) is 5.84 Å². The van der Waals surface area contributed by atoms with Crippen molar-refractivity contribution < 1.29 is 13.2 Å². The van der Waals surface area contributed by atoms with Gasteiger partial charge in [-0.05, 0) is 31.9 Å². The highest BCUT2D eigenvalue weighted by molar-refractivity contribution is 7.91. The molecule has 1 aromatic rings.